The Hall–Kier alpha value is -3.03. The third-order valence-electron chi connectivity index (χ3n) is 3.97. The summed E-state index contributed by atoms with van der Waals surface area (Å²) < 4.78 is 11.1. The zero-order chi connectivity index (χ0) is 21.9. The Balaban J connectivity index is 0.00000272. The fourth-order valence-electron chi connectivity index (χ4n) is 2.44. The molecule has 0 fully saturated rings. The van der Waals surface area contributed by atoms with Crippen LogP contribution in [0.25, 0.3) is 0 Å². The van der Waals surface area contributed by atoms with E-state index in [0.717, 1.165) is 11.1 Å². The van der Waals surface area contributed by atoms with E-state index in [1.165, 1.54) is 0 Å². The van der Waals surface area contributed by atoms with E-state index < -0.39 is 5.97 Å². The van der Waals surface area contributed by atoms with Gasteiger partial charge < -0.3 is 9.47 Å². The molecule has 0 saturated heterocycles. The van der Waals surface area contributed by atoms with Gasteiger partial charge in [-0.15, -0.1) is 0 Å². The average Bonchev–Trinajstić information content (AvgIpc) is 2.80. The summed E-state index contributed by atoms with van der Waals surface area (Å²) >= 11 is 0. The smallest absolute Gasteiger partial charge is 0.333 e. The topological polar surface area (TPSA) is 61.3 Å². The van der Waals surface area contributed by atoms with E-state index in [0.29, 0.717) is 22.4 Å². The van der Waals surface area contributed by atoms with Crippen LogP contribution >= 0.6 is 0 Å². The summed E-state index contributed by atoms with van der Waals surface area (Å²) in [6, 6.07) is 12.9. The normalized spacial score (nSPS) is 8.88. The number of ether oxygens (including phenoxy) is 2. The predicted octanol–water partition coefficient (Wildman–Crippen LogP) is 3.77. The van der Waals surface area contributed by atoms with Gasteiger partial charge in [0.1, 0.15) is 13.2 Å². The molecule has 7 heteroatoms. The van der Waals surface area contributed by atoms with Gasteiger partial charge in [-0.3, -0.25) is 9.97 Å². The van der Waals surface area contributed by atoms with Gasteiger partial charge in [0, 0.05) is 82.3 Å². The van der Waals surface area contributed by atoms with Crippen LogP contribution in [0.2, 0.25) is 0 Å². The van der Waals surface area contributed by atoms with Gasteiger partial charge in [0.05, 0.1) is 11.1 Å². The molecule has 0 aliphatic rings. The number of nitrogens with zero attached hydrogens (tertiary/aromatic N) is 2. The first kappa shape index (κ1) is 28.0. The molecule has 3 aromatic rings. The minimum Gasteiger partial charge on any atom is -0.487 e. The van der Waals surface area contributed by atoms with Gasteiger partial charge in [-0.1, -0.05) is 36.3 Å². The number of esters is 1. The average molecular weight is 621 g/mol. The first-order valence-electron chi connectivity index (χ1n) is 9.56. The van der Waals surface area contributed by atoms with Crippen molar-refractivity contribution in [1.29, 1.82) is 0 Å². The van der Waals surface area contributed by atoms with Crippen LogP contribution in [0.1, 0.15) is 29.2 Å². The van der Waals surface area contributed by atoms with Crippen molar-refractivity contribution in [3.05, 3.63) is 102 Å². The fourth-order valence-corrected chi connectivity index (χ4v) is 2.44. The molecule has 0 N–H and O–H groups in total. The molecule has 0 bridgehead atoms. The van der Waals surface area contributed by atoms with Crippen LogP contribution in [0.3, 0.4) is 0 Å². The number of carbonyl (C=O) groups excluding carboxylic acids is 1. The minimum atomic E-state index is -0.452. The van der Waals surface area contributed by atoms with Gasteiger partial charge in [0.15, 0.2) is 5.75 Å². The minimum absolute atomic E-state index is 0. The molecule has 0 unspecified atom stereocenters. The number of hydrogen-bond donors (Lipinski definition) is 0. The molecule has 1 aromatic carbocycles. The van der Waals surface area contributed by atoms with Crippen molar-refractivity contribution >= 4 is 5.97 Å². The second-order valence-corrected chi connectivity index (χ2v) is 6.42. The predicted molar refractivity (Wildman–Crippen MR) is 118 cm³/mol. The van der Waals surface area contributed by atoms with E-state index in [2.05, 4.69) is 40.2 Å². The zero-order valence-electron chi connectivity index (χ0n) is 17.7. The van der Waals surface area contributed by atoms with Gasteiger partial charge in [-0.05, 0) is 43.3 Å². The van der Waals surface area contributed by atoms with E-state index in [-0.39, 0.29) is 54.1 Å². The van der Waals surface area contributed by atoms with E-state index in [1.807, 2.05) is 42.5 Å². The van der Waals surface area contributed by atoms with Crippen LogP contribution in [0, 0.1) is 23.7 Å². The molecule has 0 radical (unpaired) electrons. The maximum Gasteiger partial charge on any atom is 0.333 e. The number of hydrogen-bond acceptors (Lipinski definition) is 5. The van der Waals surface area contributed by atoms with Crippen LogP contribution in [0.4, 0.5) is 0 Å². The molecule has 0 amide bonds. The molecule has 172 valence electrons. The molecular weight excluding hydrogens is 601 g/mol. The molecule has 33 heavy (non-hydrogen) atoms. The quantitative estimate of drug-likeness (QED) is 0.143. The molecule has 2 aromatic heterocycles. The van der Waals surface area contributed by atoms with Crippen molar-refractivity contribution in [3.63, 3.8) is 0 Å². The monoisotopic (exact) mass is 620 g/mol. The van der Waals surface area contributed by atoms with Crippen molar-refractivity contribution < 1.29 is 55.1 Å². The molecule has 0 atom stereocenters. The van der Waals surface area contributed by atoms with Gasteiger partial charge in [0.25, 0.3) is 0 Å². The molecule has 0 spiro atoms. The number of rotatable bonds is 5. The summed E-state index contributed by atoms with van der Waals surface area (Å²) in [5.41, 5.74) is 3.39. The van der Waals surface area contributed by atoms with Crippen LogP contribution < -0.4 is 4.74 Å². The third-order valence-corrected chi connectivity index (χ3v) is 3.97. The van der Waals surface area contributed by atoms with Gasteiger partial charge in [-0.2, -0.15) is 0 Å². The SMILES string of the molecule is C=C(C)C(=O)OCCOc1c(C#Cc2ccncc2)cccc1C#Cc1ccncc1.[Pd].[Pd]. The first-order chi connectivity index (χ1) is 15.1. The van der Waals surface area contributed by atoms with Crippen LogP contribution in [-0.2, 0) is 50.4 Å². The Labute approximate surface area is 221 Å². The molecule has 0 aliphatic heterocycles. The summed E-state index contributed by atoms with van der Waals surface area (Å²) in [6.07, 6.45) is 6.75. The number of pyridine rings is 2. The van der Waals surface area contributed by atoms with Crippen LogP contribution in [0.5, 0.6) is 5.75 Å². The summed E-state index contributed by atoms with van der Waals surface area (Å²) in [4.78, 5) is 19.6. The number of aromatic nitrogens is 2. The standard InChI is InChI=1S/C26H20N2O3.2Pd/c1-20(2)26(29)31-19-18-30-25-23(8-6-21-10-14-27-15-11-21)4-3-5-24(25)9-7-22-12-16-28-17-13-22;;/h3-5,10-17H,1,18-19H2,2H3;;. The van der Waals surface area contributed by atoms with Crippen molar-refractivity contribution in [1.82, 2.24) is 9.97 Å². The number of carbonyl (C=O) groups is 1. The van der Waals surface area contributed by atoms with Gasteiger partial charge >= 0.3 is 5.97 Å². The first-order valence-corrected chi connectivity index (χ1v) is 9.56. The Bertz CT molecular complexity index is 1120. The molecular formula is C26H20N2O3Pd2. The molecule has 5 nitrogen and oxygen atoms in total. The van der Waals surface area contributed by atoms with E-state index >= 15 is 0 Å². The number of benzene rings is 1. The van der Waals surface area contributed by atoms with E-state index in [4.69, 9.17) is 9.47 Å². The van der Waals surface area contributed by atoms with E-state index in [9.17, 15) is 4.79 Å². The Morgan fingerprint density at radius 3 is 1.76 bits per heavy atom. The van der Waals surface area contributed by atoms with Gasteiger partial charge in [-0.25, -0.2) is 4.79 Å². The summed E-state index contributed by atoms with van der Waals surface area (Å²) in [5, 5.41) is 0. The summed E-state index contributed by atoms with van der Waals surface area (Å²) in [7, 11) is 0. The second-order valence-electron chi connectivity index (χ2n) is 6.42. The van der Waals surface area contributed by atoms with Gasteiger partial charge in [0.2, 0.25) is 0 Å². The molecule has 0 aliphatic carbocycles. The Kier molecular flexibility index (Phi) is 12.7. The van der Waals surface area contributed by atoms with Crippen LogP contribution in [0.15, 0.2) is 79.4 Å². The van der Waals surface area contributed by atoms with Crippen molar-refractivity contribution in [2.24, 2.45) is 0 Å². The van der Waals surface area contributed by atoms with Crippen molar-refractivity contribution in [2.45, 2.75) is 6.92 Å². The van der Waals surface area contributed by atoms with Crippen LogP contribution in [-0.4, -0.2) is 29.2 Å². The largest absolute Gasteiger partial charge is 0.487 e. The Morgan fingerprint density at radius 2 is 1.30 bits per heavy atom. The molecule has 3 rings (SSSR count). The maximum absolute atomic E-state index is 11.6. The number of para-hydroxylation sites is 1. The van der Waals surface area contributed by atoms with Crippen molar-refractivity contribution in [2.75, 3.05) is 13.2 Å². The molecule has 0 saturated carbocycles. The summed E-state index contributed by atoms with van der Waals surface area (Å²) in [5.74, 6) is 12.6. The maximum atomic E-state index is 11.6. The zero-order valence-corrected chi connectivity index (χ0v) is 20.8. The molecule has 2 heterocycles. The summed E-state index contributed by atoms with van der Waals surface area (Å²) in [6.45, 7) is 5.42. The van der Waals surface area contributed by atoms with Crippen molar-refractivity contribution in [3.8, 4) is 29.4 Å². The van der Waals surface area contributed by atoms with E-state index in [1.54, 1.807) is 31.7 Å². The Morgan fingerprint density at radius 1 is 0.818 bits per heavy atom. The second kappa shape index (κ2) is 14.9. The fraction of sp³-hybridized carbons (Fsp3) is 0.115. The third kappa shape index (κ3) is 9.16.